The fraction of sp³-hybridized carbons (Fsp3) is 0.700. The molecule has 8 heteroatoms. The third-order valence-corrected chi connectivity index (χ3v) is 2.09. The van der Waals surface area contributed by atoms with Gasteiger partial charge in [0.1, 0.15) is 6.04 Å². The molecule has 0 aliphatic rings. The maximum Gasteiger partial charge on any atom is 0.305 e. The summed E-state index contributed by atoms with van der Waals surface area (Å²) < 4.78 is 4.75. The second-order valence-electron chi connectivity index (χ2n) is 3.72. The van der Waals surface area contributed by atoms with Gasteiger partial charge in [-0.15, -0.1) is 0 Å². The zero-order chi connectivity index (χ0) is 14.1. The average Bonchev–Trinajstić information content (AvgIpc) is 2.28. The Hall–Kier alpha value is -1.67. The highest BCUT2D eigenvalue weighted by Gasteiger charge is 2.21. The molecule has 0 aliphatic heterocycles. The molecule has 0 rings (SSSR count). The molecule has 104 valence electrons. The van der Waals surface area contributed by atoms with E-state index in [9.17, 15) is 14.4 Å². The Morgan fingerprint density at radius 1 is 1.33 bits per heavy atom. The fourth-order valence-corrected chi connectivity index (χ4v) is 1.10. The number of nitrogens with two attached hydrogens (primary N) is 1. The van der Waals surface area contributed by atoms with Gasteiger partial charge in [-0.25, -0.2) is 0 Å². The molecule has 0 aromatic carbocycles. The van der Waals surface area contributed by atoms with Crippen LogP contribution in [0.3, 0.4) is 0 Å². The van der Waals surface area contributed by atoms with E-state index in [2.05, 4.69) is 10.6 Å². The molecule has 0 aromatic heterocycles. The van der Waals surface area contributed by atoms with Crippen molar-refractivity contribution in [3.8, 4) is 0 Å². The molecule has 2 atom stereocenters. The Morgan fingerprint density at radius 3 is 2.44 bits per heavy atom. The summed E-state index contributed by atoms with van der Waals surface area (Å²) in [5.41, 5.74) is 5.34. The highest BCUT2D eigenvalue weighted by atomic mass is 16.5. The number of carbonyl (C=O) groups excluding carboxylic acids is 2. The maximum absolute atomic E-state index is 11.5. The first-order chi connectivity index (χ1) is 8.38. The molecule has 0 heterocycles. The first kappa shape index (κ1) is 16.3. The van der Waals surface area contributed by atoms with Crippen molar-refractivity contribution in [3.63, 3.8) is 0 Å². The minimum absolute atomic E-state index is 0.330. The van der Waals surface area contributed by atoms with E-state index in [-0.39, 0.29) is 5.91 Å². The highest BCUT2D eigenvalue weighted by Crippen LogP contribution is 1.91. The van der Waals surface area contributed by atoms with Crippen LogP contribution in [-0.4, -0.2) is 55.2 Å². The monoisotopic (exact) mass is 261 g/mol. The van der Waals surface area contributed by atoms with Crippen molar-refractivity contribution in [2.75, 3.05) is 20.3 Å². The summed E-state index contributed by atoms with van der Waals surface area (Å²) in [7, 11) is 1.50. The van der Waals surface area contributed by atoms with E-state index in [1.165, 1.54) is 14.0 Å². The predicted octanol–water partition coefficient (Wildman–Crippen LogP) is -1.94. The van der Waals surface area contributed by atoms with E-state index >= 15 is 0 Å². The van der Waals surface area contributed by atoms with Crippen molar-refractivity contribution < 1.29 is 24.2 Å². The van der Waals surface area contributed by atoms with E-state index < -0.39 is 30.4 Å². The largest absolute Gasteiger partial charge is 0.481 e. The molecule has 0 saturated carbocycles. The van der Waals surface area contributed by atoms with Gasteiger partial charge in [-0.05, 0) is 6.92 Å². The fourth-order valence-electron chi connectivity index (χ4n) is 1.10. The van der Waals surface area contributed by atoms with E-state index in [0.717, 1.165) is 0 Å². The van der Waals surface area contributed by atoms with Gasteiger partial charge in [-0.2, -0.15) is 0 Å². The third kappa shape index (κ3) is 6.81. The Morgan fingerprint density at radius 2 is 1.94 bits per heavy atom. The van der Waals surface area contributed by atoms with Crippen molar-refractivity contribution >= 4 is 17.8 Å². The number of aliphatic carboxylic acids is 1. The Bertz CT molecular complexity index is 308. The highest BCUT2D eigenvalue weighted by molar-refractivity contribution is 5.91. The number of carbonyl (C=O) groups is 3. The molecule has 8 nitrogen and oxygen atoms in total. The second-order valence-corrected chi connectivity index (χ2v) is 3.72. The lowest BCUT2D eigenvalue weighted by Gasteiger charge is -2.16. The van der Waals surface area contributed by atoms with Gasteiger partial charge in [0.2, 0.25) is 11.8 Å². The Balaban J connectivity index is 4.05. The molecule has 0 spiro atoms. The van der Waals surface area contributed by atoms with E-state index in [4.69, 9.17) is 15.6 Å². The van der Waals surface area contributed by atoms with Crippen molar-refractivity contribution in [3.05, 3.63) is 0 Å². The summed E-state index contributed by atoms with van der Waals surface area (Å²) >= 11 is 0. The van der Waals surface area contributed by atoms with E-state index in [1.54, 1.807) is 0 Å². The van der Waals surface area contributed by atoms with Gasteiger partial charge in [-0.1, -0.05) is 0 Å². The van der Waals surface area contributed by atoms with Crippen LogP contribution < -0.4 is 16.4 Å². The molecule has 2 amide bonds. The Labute approximate surface area is 105 Å². The van der Waals surface area contributed by atoms with Crippen molar-refractivity contribution in [1.29, 1.82) is 0 Å². The first-order valence-corrected chi connectivity index (χ1v) is 5.42. The van der Waals surface area contributed by atoms with Gasteiger partial charge in [-0.3, -0.25) is 14.4 Å². The van der Waals surface area contributed by atoms with Gasteiger partial charge in [0.15, 0.2) is 0 Å². The summed E-state index contributed by atoms with van der Waals surface area (Å²) in [6.45, 7) is 2.18. The van der Waals surface area contributed by atoms with Crippen LogP contribution in [0, 0.1) is 0 Å². The SMILES string of the molecule is COCCNC(=O)C(C)NC(=O)C(N)CC(=O)O. The molecule has 2 unspecified atom stereocenters. The number of methoxy groups -OCH3 is 1. The molecular formula is C10H19N3O5. The normalized spacial score (nSPS) is 13.5. The van der Waals surface area contributed by atoms with Crippen LogP contribution in [0.1, 0.15) is 13.3 Å². The third-order valence-electron chi connectivity index (χ3n) is 2.09. The number of rotatable bonds is 8. The average molecular weight is 261 g/mol. The summed E-state index contributed by atoms with van der Waals surface area (Å²) in [5.74, 6) is -2.23. The van der Waals surface area contributed by atoms with Crippen molar-refractivity contribution in [2.45, 2.75) is 25.4 Å². The van der Waals surface area contributed by atoms with Gasteiger partial charge < -0.3 is 26.2 Å². The molecule has 0 fully saturated rings. The number of hydrogen-bond acceptors (Lipinski definition) is 5. The summed E-state index contributed by atoms with van der Waals surface area (Å²) in [5, 5.41) is 13.3. The minimum Gasteiger partial charge on any atom is -0.481 e. The minimum atomic E-state index is -1.17. The number of nitrogens with one attached hydrogen (secondary N) is 2. The van der Waals surface area contributed by atoms with Gasteiger partial charge >= 0.3 is 5.97 Å². The topological polar surface area (TPSA) is 131 Å². The van der Waals surface area contributed by atoms with Crippen LogP contribution in [-0.2, 0) is 19.1 Å². The molecule has 0 aliphatic carbocycles. The Kier molecular flexibility index (Phi) is 7.64. The van der Waals surface area contributed by atoms with Crippen LogP contribution in [0.25, 0.3) is 0 Å². The van der Waals surface area contributed by atoms with Crippen LogP contribution in [0.15, 0.2) is 0 Å². The summed E-state index contributed by atoms with van der Waals surface area (Å²) in [6.07, 6.45) is -0.482. The van der Waals surface area contributed by atoms with Crippen molar-refractivity contribution in [1.82, 2.24) is 10.6 Å². The zero-order valence-corrected chi connectivity index (χ0v) is 10.4. The summed E-state index contributed by atoms with van der Waals surface area (Å²) in [4.78, 5) is 33.2. The molecule has 0 saturated heterocycles. The molecule has 18 heavy (non-hydrogen) atoms. The molecule has 0 radical (unpaired) electrons. The lowest BCUT2D eigenvalue weighted by Crippen LogP contribution is -2.51. The van der Waals surface area contributed by atoms with Crippen LogP contribution in [0.4, 0.5) is 0 Å². The second kappa shape index (κ2) is 8.43. The predicted molar refractivity (Wildman–Crippen MR) is 62.7 cm³/mol. The van der Waals surface area contributed by atoms with Gasteiger partial charge in [0.25, 0.3) is 0 Å². The lowest BCUT2D eigenvalue weighted by atomic mass is 10.2. The zero-order valence-electron chi connectivity index (χ0n) is 10.4. The smallest absolute Gasteiger partial charge is 0.305 e. The molecule has 0 bridgehead atoms. The lowest BCUT2D eigenvalue weighted by molar-refractivity contribution is -0.139. The van der Waals surface area contributed by atoms with Crippen molar-refractivity contribution in [2.24, 2.45) is 5.73 Å². The van der Waals surface area contributed by atoms with Crippen LogP contribution >= 0.6 is 0 Å². The van der Waals surface area contributed by atoms with E-state index in [0.29, 0.717) is 13.2 Å². The van der Waals surface area contributed by atoms with Crippen LogP contribution in [0.2, 0.25) is 0 Å². The standard InChI is InChI=1S/C10H19N3O5/c1-6(9(16)12-3-4-18-2)13-10(17)7(11)5-8(14)15/h6-7H,3-5,11H2,1-2H3,(H,12,16)(H,13,17)(H,14,15). The number of carboxylic acid groups (broad SMARTS) is 1. The quantitative estimate of drug-likeness (QED) is 0.376. The maximum atomic E-state index is 11.5. The van der Waals surface area contributed by atoms with E-state index in [1.807, 2.05) is 0 Å². The van der Waals surface area contributed by atoms with Crippen LogP contribution in [0.5, 0.6) is 0 Å². The summed E-state index contributed by atoms with van der Waals surface area (Å²) in [6, 6.07) is -1.95. The molecule has 5 N–H and O–H groups in total. The van der Waals surface area contributed by atoms with Gasteiger partial charge in [0, 0.05) is 13.7 Å². The number of carboxylic acids is 1. The molecule has 0 aromatic rings. The number of hydrogen-bond donors (Lipinski definition) is 4. The first-order valence-electron chi connectivity index (χ1n) is 5.42. The van der Waals surface area contributed by atoms with Gasteiger partial charge in [0.05, 0.1) is 19.1 Å². The number of ether oxygens (including phenoxy) is 1. The number of amides is 2. The molecular weight excluding hydrogens is 242 g/mol.